The first-order valence-electron chi connectivity index (χ1n) is 8.75. The number of hydrogen-bond acceptors (Lipinski definition) is 4. The highest BCUT2D eigenvalue weighted by Gasteiger charge is 2.18. The number of carbonyl (C=O) groups excluding carboxylic acids is 2. The summed E-state index contributed by atoms with van der Waals surface area (Å²) in [6.45, 7) is 7.37. The number of hydrogen-bond donors (Lipinski definition) is 1. The lowest BCUT2D eigenvalue weighted by atomic mass is 10.1. The molecule has 5 nitrogen and oxygen atoms in total. The first kappa shape index (κ1) is 19.5. The zero-order valence-corrected chi connectivity index (χ0v) is 15.6. The number of anilines is 1. The van der Waals surface area contributed by atoms with E-state index in [2.05, 4.69) is 5.32 Å². The topological polar surface area (TPSA) is 64.6 Å². The molecule has 0 spiro atoms. The predicted octanol–water partition coefficient (Wildman–Crippen LogP) is 4.36. The molecule has 5 heteroatoms. The molecule has 0 unspecified atom stereocenters. The molecular weight excluding hydrogens is 330 g/mol. The van der Waals surface area contributed by atoms with Gasteiger partial charge in [0, 0.05) is 11.3 Å². The molecule has 2 aromatic carbocycles. The minimum Gasteiger partial charge on any atom is -0.479 e. The van der Waals surface area contributed by atoms with Crippen LogP contribution in [0.5, 0.6) is 5.75 Å². The van der Waals surface area contributed by atoms with Crippen molar-refractivity contribution in [2.45, 2.75) is 46.3 Å². The zero-order valence-electron chi connectivity index (χ0n) is 15.6. The summed E-state index contributed by atoms with van der Waals surface area (Å²) < 4.78 is 10.8. The molecule has 0 aliphatic heterocycles. The Morgan fingerprint density at radius 1 is 1.04 bits per heavy atom. The van der Waals surface area contributed by atoms with Crippen molar-refractivity contribution in [3.8, 4) is 5.75 Å². The summed E-state index contributed by atoms with van der Waals surface area (Å²) in [4.78, 5) is 24.3. The molecule has 0 saturated carbocycles. The van der Waals surface area contributed by atoms with E-state index in [9.17, 15) is 9.59 Å². The largest absolute Gasteiger partial charge is 0.479 e. The van der Waals surface area contributed by atoms with Gasteiger partial charge in [0.05, 0.1) is 6.10 Å². The summed E-state index contributed by atoms with van der Waals surface area (Å²) in [6, 6.07) is 14.2. The van der Waals surface area contributed by atoms with Crippen molar-refractivity contribution in [1.82, 2.24) is 0 Å². The lowest BCUT2D eigenvalue weighted by Crippen LogP contribution is -2.29. The summed E-state index contributed by atoms with van der Waals surface area (Å²) >= 11 is 0. The Hall–Kier alpha value is -2.82. The molecular formula is C21H25NO4. The van der Waals surface area contributed by atoms with E-state index in [1.165, 1.54) is 0 Å². The Morgan fingerprint density at radius 3 is 2.31 bits per heavy atom. The van der Waals surface area contributed by atoms with Crippen molar-refractivity contribution in [3.05, 3.63) is 59.7 Å². The second-order valence-electron chi connectivity index (χ2n) is 6.21. The van der Waals surface area contributed by atoms with Gasteiger partial charge >= 0.3 is 5.97 Å². The summed E-state index contributed by atoms with van der Waals surface area (Å²) in [5, 5.41) is 2.88. The average molecular weight is 355 g/mol. The van der Waals surface area contributed by atoms with Crippen molar-refractivity contribution < 1.29 is 19.1 Å². The molecule has 2 rings (SSSR count). The van der Waals surface area contributed by atoms with Gasteiger partial charge in [-0.25, -0.2) is 4.79 Å². The first-order valence-corrected chi connectivity index (χ1v) is 8.75. The van der Waals surface area contributed by atoms with Crippen molar-refractivity contribution >= 4 is 17.6 Å². The molecule has 0 saturated heterocycles. The number of para-hydroxylation sites is 1. The highest BCUT2D eigenvalue weighted by Crippen LogP contribution is 2.18. The molecule has 0 fully saturated rings. The van der Waals surface area contributed by atoms with Crippen LogP contribution in [-0.2, 0) is 9.53 Å². The number of benzene rings is 2. The fourth-order valence-corrected chi connectivity index (χ4v) is 2.22. The van der Waals surface area contributed by atoms with Crippen LogP contribution in [-0.4, -0.2) is 24.1 Å². The Morgan fingerprint density at radius 2 is 1.69 bits per heavy atom. The third kappa shape index (κ3) is 5.34. The number of rotatable bonds is 7. The normalized spacial score (nSPS) is 12.8. The van der Waals surface area contributed by atoms with Crippen LogP contribution in [0.1, 0.15) is 43.1 Å². The van der Waals surface area contributed by atoms with Gasteiger partial charge in [-0.05, 0) is 63.1 Å². The van der Waals surface area contributed by atoms with Crippen LogP contribution in [0, 0.1) is 6.92 Å². The standard InChI is InChI=1S/C21H25NO4/c1-5-15(3)25-21(24)16(4)26-18-12-10-17(11-13-18)20(23)22-19-9-7-6-8-14(19)2/h6-13,15-16H,5H2,1-4H3,(H,22,23)/t15-,16-/m1/s1. The molecule has 0 bridgehead atoms. The van der Waals surface area contributed by atoms with Crippen molar-refractivity contribution in [1.29, 1.82) is 0 Å². The van der Waals surface area contributed by atoms with Gasteiger partial charge in [-0.2, -0.15) is 0 Å². The minimum absolute atomic E-state index is 0.138. The number of aryl methyl sites for hydroxylation is 1. The third-order valence-electron chi connectivity index (χ3n) is 4.05. The summed E-state index contributed by atoms with van der Waals surface area (Å²) in [5.41, 5.74) is 2.28. The number of nitrogens with one attached hydrogen (secondary N) is 1. The smallest absolute Gasteiger partial charge is 0.347 e. The van der Waals surface area contributed by atoms with Gasteiger partial charge in [0.2, 0.25) is 0 Å². The predicted molar refractivity (Wildman–Crippen MR) is 102 cm³/mol. The number of ether oxygens (including phenoxy) is 2. The maximum Gasteiger partial charge on any atom is 0.347 e. The fourth-order valence-electron chi connectivity index (χ4n) is 2.22. The van der Waals surface area contributed by atoms with E-state index in [4.69, 9.17) is 9.47 Å². The van der Waals surface area contributed by atoms with E-state index in [0.29, 0.717) is 11.3 Å². The van der Waals surface area contributed by atoms with Crippen LogP contribution in [0.2, 0.25) is 0 Å². The zero-order chi connectivity index (χ0) is 19.1. The maximum absolute atomic E-state index is 12.3. The van der Waals surface area contributed by atoms with Crippen LogP contribution >= 0.6 is 0 Å². The molecule has 138 valence electrons. The Kier molecular flexibility index (Phi) is 6.78. The molecule has 2 atom stereocenters. The second-order valence-corrected chi connectivity index (χ2v) is 6.21. The van der Waals surface area contributed by atoms with Gasteiger partial charge in [-0.3, -0.25) is 4.79 Å². The van der Waals surface area contributed by atoms with E-state index < -0.39 is 12.1 Å². The average Bonchev–Trinajstić information content (AvgIpc) is 2.63. The molecule has 0 aliphatic carbocycles. The van der Waals surface area contributed by atoms with Gasteiger partial charge < -0.3 is 14.8 Å². The van der Waals surface area contributed by atoms with E-state index in [1.807, 2.05) is 45.0 Å². The Labute approximate surface area is 154 Å². The van der Waals surface area contributed by atoms with Gasteiger partial charge in [0.1, 0.15) is 5.75 Å². The van der Waals surface area contributed by atoms with Crippen LogP contribution in [0.4, 0.5) is 5.69 Å². The third-order valence-corrected chi connectivity index (χ3v) is 4.05. The van der Waals surface area contributed by atoms with Crippen LogP contribution < -0.4 is 10.1 Å². The van der Waals surface area contributed by atoms with Crippen LogP contribution in [0.3, 0.4) is 0 Å². The van der Waals surface area contributed by atoms with E-state index in [0.717, 1.165) is 17.7 Å². The molecule has 0 aliphatic rings. The molecule has 26 heavy (non-hydrogen) atoms. The van der Waals surface area contributed by atoms with Crippen molar-refractivity contribution in [2.24, 2.45) is 0 Å². The molecule has 1 N–H and O–H groups in total. The quantitative estimate of drug-likeness (QED) is 0.750. The van der Waals surface area contributed by atoms with Crippen LogP contribution in [0.25, 0.3) is 0 Å². The molecule has 0 heterocycles. The van der Waals surface area contributed by atoms with Crippen molar-refractivity contribution in [2.75, 3.05) is 5.32 Å². The second kappa shape index (κ2) is 9.04. The Bertz CT molecular complexity index is 755. The molecule has 0 aromatic heterocycles. The lowest BCUT2D eigenvalue weighted by Gasteiger charge is -2.17. The first-order chi connectivity index (χ1) is 12.4. The van der Waals surface area contributed by atoms with Gasteiger partial charge in [-0.15, -0.1) is 0 Å². The van der Waals surface area contributed by atoms with E-state index >= 15 is 0 Å². The monoisotopic (exact) mass is 355 g/mol. The van der Waals surface area contributed by atoms with Gasteiger partial charge in [0.25, 0.3) is 5.91 Å². The highest BCUT2D eigenvalue weighted by molar-refractivity contribution is 6.04. The number of esters is 1. The van der Waals surface area contributed by atoms with Crippen molar-refractivity contribution in [3.63, 3.8) is 0 Å². The molecule has 0 radical (unpaired) electrons. The molecule has 1 amide bonds. The lowest BCUT2D eigenvalue weighted by molar-refractivity contribution is -0.155. The minimum atomic E-state index is -0.712. The summed E-state index contributed by atoms with van der Waals surface area (Å²) in [6.07, 6.45) is -0.0971. The number of amides is 1. The van der Waals surface area contributed by atoms with E-state index in [1.54, 1.807) is 31.2 Å². The van der Waals surface area contributed by atoms with Gasteiger partial charge in [0.15, 0.2) is 6.10 Å². The highest BCUT2D eigenvalue weighted by atomic mass is 16.6. The maximum atomic E-state index is 12.3. The van der Waals surface area contributed by atoms with E-state index in [-0.39, 0.29) is 12.0 Å². The number of carbonyl (C=O) groups is 2. The van der Waals surface area contributed by atoms with Crippen LogP contribution in [0.15, 0.2) is 48.5 Å². The fraction of sp³-hybridized carbons (Fsp3) is 0.333. The summed E-state index contributed by atoms with van der Waals surface area (Å²) in [7, 11) is 0. The molecule has 2 aromatic rings. The summed E-state index contributed by atoms with van der Waals surface area (Å²) in [5.74, 6) is -0.0955. The van der Waals surface area contributed by atoms with Gasteiger partial charge in [-0.1, -0.05) is 25.1 Å². The Balaban J connectivity index is 1.96. The SMILES string of the molecule is CC[C@@H](C)OC(=O)[C@@H](C)Oc1ccc(C(=O)Nc2ccccc2C)cc1.